The molecule has 1 aromatic heterocycles. The van der Waals surface area contributed by atoms with Crippen molar-refractivity contribution in [3.63, 3.8) is 0 Å². The molecule has 1 aromatic rings. The Bertz CT molecular complexity index is 439. The van der Waals surface area contributed by atoms with E-state index in [-0.39, 0.29) is 11.4 Å². The smallest absolute Gasteiger partial charge is 0.339 e. The van der Waals surface area contributed by atoms with Gasteiger partial charge in [0.05, 0.1) is 6.20 Å². The zero-order chi connectivity index (χ0) is 14.6. The third-order valence-corrected chi connectivity index (χ3v) is 3.30. The van der Waals surface area contributed by atoms with Gasteiger partial charge in [-0.1, -0.05) is 27.7 Å². The highest BCUT2D eigenvalue weighted by molar-refractivity contribution is 5.93. The third kappa shape index (κ3) is 4.19. The molecule has 0 saturated carbocycles. The second kappa shape index (κ2) is 6.50. The van der Waals surface area contributed by atoms with Gasteiger partial charge >= 0.3 is 5.97 Å². The van der Waals surface area contributed by atoms with Gasteiger partial charge in [0.15, 0.2) is 0 Å². The van der Waals surface area contributed by atoms with Gasteiger partial charge in [-0.15, -0.1) is 0 Å². The molecule has 0 saturated heterocycles. The summed E-state index contributed by atoms with van der Waals surface area (Å²) in [4.78, 5) is 14.9. The Morgan fingerprint density at radius 1 is 1.37 bits per heavy atom. The van der Waals surface area contributed by atoms with Crippen LogP contribution in [0.5, 0.6) is 0 Å². The molecule has 0 amide bonds. The average Bonchev–Trinajstić information content (AvgIpc) is 2.29. The molecule has 1 rings (SSSR count). The normalized spacial score (nSPS) is 11.4. The molecule has 0 spiro atoms. The molecule has 106 valence electrons. The van der Waals surface area contributed by atoms with E-state index in [1.165, 1.54) is 0 Å². The van der Waals surface area contributed by atoms with Crippen molar-refractivity contribution in [2.24, 2.45) is 17.8 Å². The minimum Gasteiger partial charge on any atom is -0.478 e. The van der Waals surface area contributed by atoms with Crippen molar-refractivity contribution in [1.29, 1.82) is 0 Å². The van der Waals surface area contributed by atoms with Gasteiger partial charge in [-0.05, 0) is 23.8 Å². The Morgan fingerprint density at radius 3 is 2.42 bits per heavy atom. The Kier molecular flexibility index (Phi) is 5.27. The van der Waals surface area contributed by atoms with Gasteiger partial charge in [0.1, 0.15) is 17.2 Å². The molecular weight excluding hydrogens is 247 g/mol. The highest BCUT2D eigenvalue weighted by Crippen LogP contribution is 2.22. The van der Waals surface area contributed by atoms with Gasteiger partial charge < -0.3 is 10.4 Å². The maximum absolute atomic E-state index is 13.0. The quantitative estimate of drug-likeness (QED) is 0.831. The predicted octanol–water partition coefficient (Wildman–Crippen LogP) is 3.26. The first-order chi connectivity index (χ1) is 8.82. The van der Waals surface area contributed by atoms with E-state index < -0.39 is 11.8 Å². The highest BCUT2D eigenvalue weighted by Gasteiger charge is 2.19. The number of nitrogens with zero attached hydrogens (tertiary/aromatic N) is 1. The third-order valence-electron chi connectivity index (χ3n) is 3.30. The lowest BCUT2D eigenvalue weighted by Gasteiger charge is -2.25. The van der Waals surface area contributed by atoms with Crippen molar-refractivity contribution < 1.29 is 14.3 Å². The monoisotopic (exact) mass is 268 g/mol. The first-order valence-electron chi connectivity index (χ1n) is 6.45. The number of aromatic nitrogens is 1. The Morgan fingerprint density at radius 2 is 1.95 bits per heavy atom. The first kappa shape index (κ1) is 15.4. The summed E-state index contributed by atoms with van der Waals surface area (Å²) in [5, 5.41) is 12.1. The molecule has 5 heteroatoms. The van der Waals surface area contributed by atoms with Crippen LogP contribution in [0.25, 0.3) is 0 Å². The topological polar surface area (TPSA) is 62.2 Å². The molecule has 0 atom stereocenters. The van der Waals surface area contributed by atoms with E-state index in [0.717, 1.165) is 12.3 Å². The molecule has 19 heavy (non-hydrogen) atoms. The minimum atomic E-state index is -1.18. The SMILES string of the molecule is CC(C)C(CNc1ncc(F)cc1C(=O)O)C(C)C. The average molecular weight is 268 g/mol. The van der Waals surface area contributed by atoms with Gasteiger partial charge in [-0.2, -0.15) is 0 Å². The number of rotatable bonds is 6. The Balaban J connectivity index is 2.85. The van der Waals surface area contributed by atoms with E-state index in [2.05, 4.69) is 38.0 Å². The van der Waals surface area contributed by atoms with Crippen molar-refractivity contribution in [2.45, 2.75) is 27.7 Å². The molecule has 0 aliphatic rings. The van der Waals surface area contributed by atoms with Crippen molar-refractivity contribution in [3.8, 4) is 0 Å². The van der Waals surface area contributed by atoms with Gasteiger partial charge in [0, 0.05) is 6.54 Å². The van der Waals surface area contributed by atoms with E-state index in [1.807, 2.05) is 0 Å². The minimum absolute atomic E-state index is 0.133. The summed E-state index contributed by atoms with van der Waals surface area (Å²) in [5.74, 6) is -0.261. The van der Waals surface area contributed by atoms with E-state index in [4.69, 9.17) is 5.11 Å². The maximum atomic E-state index is 13.0. The van der Waals surface area contributed by atoms with Crippen LogP contribution in [0.1, 0.15) is 38.1 Å². The standard InChI is InChI=1S/C14H21FN2O2/c1-8(2)12(9(3)4)7-17-13-11(14(18)19)5-10(15)6-16-13/h5-6,8-9,12H,7H2,1-4H3,(H,16,17)(H,18,19). The largest absolute Gasteiger partial charge is 0.478 e. The lowest BCUT2D eigenvalue weighted by atomic mass is 9.85. The number of aromatic carboxylic acids is 1. The van der Waals surface area contributed by atoms with Crippen LogP contribution in [0.15, 0.2) is 12.3 Å². The second-order valence-corrected chi connectivity index (χ2v) is 5.39. The summed E-state index contributed by atoms with van der Waals surface area (Å²) >= 11 is 0. The number of halogens is 1. The number of carboxylic acid groups (broad SMARTS) is 1. The first-order valence-corrected chi connectivity index (χ1v) is 6.45. The molecule has 0 aromatic carbocycles. The van der Waals surface area contributed by atoms with Crippen LogP contribution in [0, 0.1) is 23.6 Å². The second-order valence-electron chi connectivity index (χ2n) is 5.39. The van der Waals surface area contributed by atoms with Crippen molar-refractivity contribution in [1.82, 2.24) is 4.98 Å². The van der Waals surface area contributed by atoms with Crippen LogP contribution in [-0.4, -0.2) is 22.6 Å². The molecule has 0 unspecified atom stereocenters. The van der Waals surface area contributed by atoms with Crippen LogP contribution in [0.2, 0.25) is 0 Å². The van der Waals surface area contributed by atoms with Crippen molar-refractivity contribution in [2.75, 3.05) is 11.9 Å². The highest BCUT2D eigenvalue weighted by atomic mass is 19.1. The van der Waals surface area contributed by atoms with Crippen molar-refractivity contribution in [3.05, 3.63) is 23.6 Å². The fraction of sp³-hybridized carbons (Fsp3) is 0.571. The van der Waals surface area contributed by atoms with Gasteiger partial charge in [0.2, 0.25) is 0 Å². The number of hydrogen-bond donors (Lipinski definition) is 2. The molecule has 4 nitrogen and oxygen atoms in total. The fourth-order valence-corrected chi connectivity index (χ4v) is 2.20. The van der Waals surface area contributed by atoms with Gasteiger partial charge in [-0.3, -0.25) is 0 Å². The Labute approximate surface area is 113 Å². The molecule has 1 heterocycles. The summed E-state index contributed by atoms with van der Waals surface area (Å²) in [6, 6.07) is 0.984. The molecule has 0 bridgehead atoms. The zero-order valence-corrected chi connectivity index (χ0v) is 11.8. The van der Waals surface area contributed by atoms with Crippen LogP contribution in [0.3, 0.4) is 0 Å². The number of hydrogen-bond acceptors (Lipinski definition) is 3. The molecule has 0 fully saturated rings. The predicted molar refractivity (Wildman–Crippen MR) is 72.8 cm³/mol. The van der Waals surface area contributed by atoms with Gasteiger partial charge in [-0.25, -0.2) is 14.2 Å². The van der Waals surface area contributed by atoms with E-state index >= 15 is 0 Å². The summed E-state index contributed by atoms with van der Waals surface area (Å²) in [5.41, 5.74) is -0.133. The maximum Gasteiger partial charge on any atom is 0.339 e. The van der Waals surface area contributed by atoms with Gasteiger partial charge in [0.25, 0.3) is 0 Å². The van der Waals surface area contributed by atoms with E-state index in [0.29, 0.717) is 24.3 Å². The number of nitrogens with one attached hydrogen (secondary N) is 1. The molecule has 2 N–H and O–H groups in total. The Hall–Kier alpha value is -1.65. The lowest BCUT2D eigenvalue weighted by molar-refractivity contribution is 0.0697. The summed E-state index contributed by atoms with van der Waals surface area (Å²) in [6.45, 7) is 9.13. The van der Waals surface area contributed by atoms with Crippen LogP contribution < -0.4 is 5.32 Å². The molecular formula is C14H21FN2O2. The number of pyridine rings is 1. The number of carboxylic acids is 1. The van der Waals surface area contributed by atoms with Crippen molar-refractivity contribution >= 4 is 11.8 Å². The van der Waals surface area contributed by atoms with E-state index in [1.54, 1.807) is 0 Å². The fourth-order valence-electron chi connectivity index (χ4n) is 2.20. The molecule has 0 radical (unpaired) electrons. The molecule has 0 aliphatic heterocycles. The van der Waals surface area contributed by atoms with Crippen LogP contribution in [0.4, 0.5) is 10.2 Å². The molecule has 0 aliphatic carbocycles. The zero-order valence-electron chi connectivity index (χ0n) is 11.8. The summed E-state index contributed by atoms with van der Waals surface area (Å²) in [7, 11) is 0. The summed E-state index contributed by atoms with van der Waals surface area (Å²) in [6.07, 6.45) is 1.02. The summed E-state index contributed by atoms with van der Waals surface area (Å²) < 4.78 is 13.0. The van der Waals surface area contributed by atoms with Crippen LogP contribution in [-0.2, 0) is 0 Å². The van der Waals surface area contributed by atoms with Crippen LogP contribution >= 0.6 is 0 Å². The number of anilines is 1. The number of carbonyl (C=O) groups is 1. The van der Waals surface area contributed by atoms with E-state index in [9.17, 15) is 9.18 Å². The lowest BCUT2D eigenvalue weighted by Crippen LogP contribution is -2.25.